The Balaban J connectivity index is 0.000000148. The Kier molecular flexibility index (Phi) is 16.9. The highest BCUT2D eigenvalue weighted by Gasteiger charge is 2.57. The largest absolute Gasteiger partial charge is 0.498 e. The maximum atomic E-state index is 13.2. The highest BCUT2D eigenvalue weighted by Crippen LogP contribution is 2.38. The third-order valence-electron chi connectivity index (χ3n) is 16.1. The molecule has 9 aromatic heterocycles. The van der Waals surface area contributed by atoms with Crippen LogP contribution in [0.25, 0.3) is 77.4 Å². The van der Waals surface area contributed by atoms with E-state index >= 15 is 0 Å². The van der Waals surface area contributed by atoms with E-state index in [1.165, 1.54) is 4.57 Å². The molecule has 10 heterocycles. The highest BCUT2D eigenvalue weighted by atomic mass is 16.7. The van der Waals surface area contributed by atoms with E-state index in [-0.39, 0.29) is 16.6 Å². The predicted molar refractivity (Wildman–Crippen MR) is 369 cm³/mol. The Morgan fingerprint density at radius 1 is 0.548 bits per heavy atom. The topological polar surface area (TPSA) is 189 Å². The minimum absolute atomic E-state index is 0.0230. The molecule has 19 heteroatoms. The fourth-order valence-electron chi connectivity index (χ4n) is 10.7. The molecule has 13 rings (SSSR count). The number of methoxy groups -OCH3 is 2. The van der Waals surface area contributed by atoms with Crippen molar-refractivity contribution in [3.8, 4) is 57.7 Å². The molecule has 0 spiro atoms. The van der Waals surface area contributed by atoms with Crippen molar-refractivity contribution < 1.29 is 28.3 Å². The Morgan fingerprint density at radius 3 is 1.51 bits per heavy atom. The van der Waals surface area contributed by atoms with Gasteiger partial charge in [-0.1, -0.05) is 41.9 Å². The Morgan fingerprint density at radius 2 is 1.02 bits per heavy atom. The normalized spacial score (nSPS) is 14.9. The first kappa shape index (κ1) is 64.3. The lowest BCUT2D eigenvalue weighted by Gasteiger charge is -2.25. The number of hydrogen-bond donors (Lipinski definition) is 1. The number of carbonyl (C=O) groups is 1. The van der Waals surface area contributed by atoms with Crippen molar-refractivity contribution in [3.63, 3.8) is 0 Å². The number of ether oxygens (including phenoxy) is 3. The Labute approximate surface area is 543 Å². The van der Waals surface area contributed by atoms with Crippen LogP contribution in [0.4, 0.5) is 4.79 Å². The van der Waals surface area contributed by atoms with Crippen LogP contribution in [0.15, 0.2) is 147 Å². The minimum atomic E-state index is -0.650. The molecular formula is C74H78BN12O6+. The summed E-state index contributed by atoms with van der Waals surface area (Å²) in [5, 5.41) is 1.83. The molecule has 0 bridgehead atoms. The van der Waals surface area contributed by atoms with E-state index in [1.54, 1.807) is 51.3 Å². The van der Waals surface area contributed by atoms with Crippen molar-refractivity contribution in [3.05, 3.63) is 176 Å². The molecule has 472 valence electrons. The van der Waals surface area contributed by atoms with Crippen LogP contribution in [0.1, 0.15) is 126 Å². The number of fused-ring (bicyclic) bond motifs is 5. The van der Waals surface area contributed by atoms with E-state index in [2.05, 4.69) is 183 Å². The molecule has 1 fully saturated rings. The summed E-state index contributed by atoms with van der Waals surface area (Å²) < 4.78 is 36.2. The second kappa shape index (κ2) is 24.4. The van der Waals surface area contributed by atoms with Crippen LogP contribution in [0.5, 0.6) is 11.8 Å². The maximum Gasteiger partial charge on any atom is 0.498 e. The van der Waals surface area contributed by atoms with Crippen LogP contribution in [0.3, 0.4) is 0 Å². The van der Waals surface area contributed by atoms with Crippen LogP contribution < -0.4 is 14.9 Å². The number of rotatable bonds is 5. The first-order valence-electron chi connectivity index (χ1n) is 30.8. The third kappa shape index (κ3) is 13.7. The first-order chi connectivity index (χ1) is 43.9. The fraction of sp³-hybridized carbons (Fsp3) is 0.311. The molecule has 3 aromatic carbocycles. The van der Waals surface area contributed by atoms with Gasteiger partial charge in [-0.3, -0.25) is 0 Å². The van der Waals surface area contributed by atoms with Gasteiger partial charge >= 0.3 is 13.2 Å². The van der Waals surface area contributed by atoms with Gasteiger partial charge in [-0.05, 0) is 174 Å². The lowest BCUT2D eigenvalue weighted by atomic mass is 9.79. The van der Waals surface area contributed by atoms with Gasteiger partial charge in [0.2, 0.25) is 17.4 Å². The number of aromatic nitrogens is 12. The number of nitrogens with one attached hydrogen (secondary N) is 1. The van der Waals surface area contributed by atoms with Gasteiger partial charge < -0.3 is 42.2 Å². The standard InChI is InChI=1S/C31H31N5O3.C26H23N5O.C17H24BN2O2/c1-30(2,3)36-19-34-25-11-10-22(16-26(25)36)24-18-35(29(37)39-31(4,5)6)28-23(24)14-21(17-33-28)9-8-20-12-13-32-27(15-20)38-7;1-26(2,3)31-16-30-22-8-7-19(13-23(22)31)21-15-29-25-20(21)11-18(14-28-25)6-5-17-9-10-27-24(12-17)32-4;1-15(2,3)20-11-19-13-9-8-12(10-14(13)20)18-21-16(4,5)17(6,7)22-18/h10-19H,1-7H3;7-16H,1-4H3,(H,28,29);8-11H,4H2,1-3,5-7H3/q;;+1. The van der Waals surface area contributed by atoms with Crippen LogP contribution in [-0.4, -0.2) is 102 Å². The monoisotopic (exact) mass is 1240 g/mol. The zero-order chi connectivity index (χ0) is 66.6. The molecule has 1 saturated heterocycles. The minimum Gasteiger partial charge on any atom is -0.481 e. The molecular weight excluding hydrogens is 1160 g/mol. The van der Waals surface area contributed by atoms with Crippen molar-refractivity contribution in [2.45, 2.75) is 137 Å². The molecule has 1 atom stereocenters. The van der Waals surface area contributed by atoms with Crippen molar-refractivity contribution in [1.29, 1.82) is 0 Å². The van der Waals surface area contributed by atoms with Crippen molar-refractivity contribution in [1.82, 2.24) is 58.1 Å². The number of pyridine rings is 4. The number of imidazole rings is 3. The van der Waals surface area contributed by atoms with Crippen molar-refractivity contribution >= 4 is 73.8 Å². The average Bonchev–Trinajstić information content (AvgIpc) is 1.64. The summed E-state index contributed by atoms with van der Waals surface area (Å²) in [6, 6.07) is 29.9. The zero-order valence-electron chi connectivity index (χ0n) is 56.0. The molecule has 0 amide bonds. The lowest BCUT2D eigenvalue weighted by Crippen LogP contribution is -2.42. The summed E-state index contributed by atoms with van der Waals surface area (Å²) in [7, 11) is 2.77. The summed E-state index contributed by atoms with van der Waals surface area (Å²) in [5.74, 6) is 13.7. The van der Waals surface area contributed by atoms with Crippen LogP contribution in [-0.2, 0) is 30.7 Å². The molecule has 0 saturated carbocycles. The van der Waals surface area contributed by atoms with Crippen LogP contribution >= 0.6 is 0 Å². The second-order valence-electron chi connectivity index (χ2n) is 27.8. The van der Waals surface area contributed by atoms with Gasteiger partial charge in [-0.2, -0.15) is 0 Å². The number of benzene rings is 3. The van der Waals surface area contributed by atoms with Crippen molar-refractivity contribution in [2.24, 2.45) is 0 Å². The molecule has 1 aliphatic heterocycles. The highest BCUT2D eigenvalue weighted by molar-refractivity contribution is 6.62. The molecule has 93 heavy (non-hydrogen) atoms. The summed E-state index contributed by atoms with van der Waals surface area (Å²) in [4.78, 5) is 47.5. The van der Waals surface area contributed by atoms with E-state index in [0.717, 1.165) is 93.9 Å². The average molecular weight is 1240 g/mol. The smallest absolute Gasteiger partial charge is 0.481 e. The molecule has 1 N–H and O–H groups in total. The Hall–Kier alpha value is -10.2. The fourth-order valence-corrected chi connectivity index (χ4v) is 10.7. The summed E-state index contributed by atoms with van der Waals surface area (Å²) in [5.41, 5.74) is 13.7. The van der Waals surface area contributed by atoms with Gasteiger partial charge in [-0.25, -0.2) is 44.2 Å². The zero-order valence-corrected chi connectivity index (χ0v) is 56.0. The second-order valence-corrected chi connectivity index (χ2v) is 27.8. The summed E-state index contributed by atoms with van der Waals surface area (Å²) in [6.45, 7) is 35.1. The van der Waals surface area contributed by atoms with E-state index in [1.807, 2.05) is 115 Å². The van der Waals surface area contributed by atoms with Gasteiger partial charge in [0.05, 0.1) is 73.2 Å². The summed E-state index contributed by atoms with van der Waals surface area (Å²) in [6.07, 6.45) is 15.7. The van der Waals surface area contributed by atoms with Crippen LogP contribution in [0.2, 0.25) is 0 Å². The van der Waals surface area contributed by atoms with Gasteiger partial charge in [0, 0.05) is 117 Å². The maximum absolute atomic E-state index is 13.2. The molecule has 0 aliphatic carbocycles. The van der Waals surface area contributed by atoms with E-state index < -0.39 is 30.0 Å². The van der Waals surface area contributed by atoms with Gasteiger partial charge in [-0.15, -0.1) is 0 Å². The van der Waals surface area contributed by atoms with Gasteiger partial charge in [0.15, 0.2) is 0 Å². The van der Waals surface area contributed by atoms with Crippen molar-refractivity contribution in [2.75, 3.05) is 14.2 Å². The van der Waals surface area contributed by atoms with E-state index in [9.17, 15) is 4.79 Å². The Bertz CT molecular complexity index is 4920. The SMILES string of the molecule is COc1cc(C#Cc2cnc3[nH]cc(-c4ccc5ncn(C(C)(C)C)c5c4)c3c2)ccn1.COc1cc(C#Cc2cnc3c(c2)c(-c2ccc4ncn(C(C)(C)C)c4c2)cn3C(=O)OC(C)(C)C)ccn1.[CH2+]C1(C)OB(c2ccc3ncn(C(C)(C)C)c3c2)OC1(C)C. The molecule has 1 aliphatic rings. The quantitative estimate of drug-likeness (QED) is 0.0974. The molecule has 12 aromatic rings. The van der Waals surface area contributed by atoms with Crippen LogP contribution in [0, 0.1) is 30.6 Å². The molecule has 1 unspecified atom stereocenters. The molecule has 18 nitrogen and oxygen atoms in total. The molecule has 0 radical (unpaired) electrons. The van der Waals surface area contributed by atoms with E-state index in [4.69, 9.17) is 23.5 Å². The predicted octanol–water partition coefficient (Wildman–Crippen LogP) is 14.4. The van der Waals surface area contributed by atoms with Gasteiger partial charge in [0.1, 0.15) is 22.5 Å². The summed E-state index contributed by atoms with van der Waals surface area (Å²) >= 11 is 0. The number of H-pyrrole nitrogens is 1. The number of carbonyl (C=O) groups excluding carboxylic acids is 1. The number of nitrogens with zero attached hydrogens (tertiary/aromatic N) is 11. The van der Waals surface area contributed by atoms with Gasteiger partial charge in [0.25, 0.3) is 0 Å². The van der Waals surface area contributed by atoms with E-state index in [0.29, 0.717) is 23.0 Å². The first-order valence-corrected chi connectivity index (χ1v) is 30.8. The lowest BCUT2D eigenvalue weighted by molar-refractivity contribution is 0.0262. The number of hydrogen-bond acceptors (Lipinski definition) is 13. The third-order valence-corrected chi connectivity index (χ3v) is 16.1. The number of aromatic amines is 1.